The van der Waals surface area contributed by atoms with Gasteiger partial charge in [-0.2, -0.15) is 0 Å². The molecule has 0 saturated heterocycles. The van der Waals surface area contributed by atoms with Crippen LogP contribution >= 0.6 is 11.3 Å². The fourth-order valence-corrected chi connectivity index (χ4v) is 2.34. The van der Waals surface area contributed by atoms with E-state index >= 15 is 0 Å². The molecular formula is C12H19NOS. The van der Waals surface area contributed by atoms with Gasteiger partial charge in [-0.1, -0.05) is 19.4 Å². The minimum Gasteiger partial charge on any atom is -0.319 e. The average molecular weight is 225 g/mol. The van der Waals surface area contributed by atoms with Crippen LogP contribution < -0.4 is 5.73 Å². The summed E-state index contributed by atoms with van der Waals surface area (Å²) in [5, 5.41) is 2.04. The number of rotatable bonds is 6. The third-order valence-corrected chi connectivity index (χ3v) is 3.52. The molecule has 3 heteroatoms. The Kier molecular flexibility index (Phi) is 4.48. The summed E-state index contributed by atoms with van der Waals surface area (Å²) in [6.07, 6.45) is 3.12. The second-order valence-corrected chi connectivity index (χ2v) is 5.20. The molecule has 1 unspecified atom stereocenters. The van der Waals surface area contributed by atoms with E-state index in [0.717, 1.165) is 19.3 Å². The fourth-order valence-electron chi connectivity index (χ4n) is 1.64. The van der Waals surface area contributed by atoms with Gasteiger partial charge in [-0.3, -0.25) is 4.79 Å². The zero-order chi connectivity index (χ0) is 11.3. The first-order chi connectivity index (χ1) is 7.06. The number of hydrogen-bond donors (Lipinski definition) is 1. The molecule has 1 aromatic heterocycles. The Morgan fingerprint density at radius 3 is 2.87 bits per heavy atom. The number of hydrogen-bond acceptors (Lipinski definition) is 3. The van der Waals surface area contributed by atoms with Crippen LogP contribution in [-0.4, -0.2) is 11.3 Å². The number of nitrogens with two attached hydrogens (primary N) is 1. The zero-order valence-corrected chi connectivity index (χ0v) is 10.3. The van der Waals surface area contributed by atoms with Crippen LogP contribution in [0.15, 0.2) is 17.5 Å². The number of carbonyl (C=O) groups is 1. The van der Waals surface area contributed by atoms with Crippen LogP contribution in [0.5, 0.6) is 0 Å². The van der Waals surface area contributed by atoms with Crippen LogP contribution in [0.2, 0.25) is 0 Å². The maximum atomic E-state index is 11.8. The lowest BCUT2D eigenvalue weighted by Gasteiger charge is -2.22. The Hall–Kier alpha value is -0.670. The highest BCUT2D eigenvalue weighted by molar-refractivity contribution is 7.09. The molecule has 0 radical (unpaired) electrons. The van der Waals surface area contributed by atoms with Crippen LogP contribution in [0.25, 0.3) is 0 Å². The number of Topliss-reactive ketones (excluding diaryl/α,β-unsaturated/α-hetero) is 1. The highest BCUT2D eigenvalue weighted by Gasteiger charge is 2.26. The van der Waals surface area contributed by atoms with Gasteiger partial charge in [-0.25, -0.2) is 0 Å². The van der Waals surface area contributed by atoms with Gasteiger partial charge in [-0.15, -0.1) is 11.3 Å². The Morgan fingerprint density at radius 2 is 2.33 bits per heavy atom. The standard InChI is InChI=1S/C12H19NOS/c1-3-8-12(2,13)11(14)7-6-10-5-4-9-15-10/h4-5,9H,3,6-8,13H2,1-2H3. The highest BCUT2D eigenvalue weighted by Crippen LogP contribution is 2.16. The fraction of sp³-hybridized carbons (Fsp3) is 0.583. The van der Waals surface area contributed by atoms with Gasteiger partial charge in [0.1, 0.15) is 0 Å². The van der Waals surface area contributed by atoms with Crippen molar-refractivity contribution in [3.8, 4) is 0 Å². The second-order valence-electron chi connectivity index (χ2n) is 4.17. The number of aryl methyl sites for hydroxylation is 1. The van der Waals surface area contributed by atoms with Crippen molar-refractivity contribution in [1.29, 1.82) is 0 Å². The lowest BCUT2D eigenvalue weighted by Crippen LogP contribution is -2.44. The lowest BCUT2D eigenvalue weighted by atomic mass is 9.90. The van der Waals surface area contributed by atoms with Gasteiger partial charge in [-0.05, 0) is 31.2 Å². The second kappa shape index (κ2) is 5.42. The minimum atomic E-state index is -0.633. The molecule has 0 amide bonds. The van der Waals surface area contributed by atoms with Crippen molar-refractivity contribution in [1.82, 2.24) is 0 Å². The molecule has 84 valence electrons. The van der Waals surface area contributed by atoms with Gasteiger partial charge in [0.15, 0.2) is 5.78 Å². The predicted octanol–water partition coefficient (Wildman–Crippen LogP) is 2.77. The molecule has 0 bridgehead atoms. The van der Waals surface area contributed by atoms with Crippen LogP contribution in [0.1, 0.15) is 38.0 Å². The Bertz CT molecular complexity index is 303. The summed E-state index contributed by atoms with van der Waals surface area (Å²) in [5.74, 6) is 0.178. The van der Waals surface area contributed by atoms with E-state index in [1.54, 1.807) is 11.3 Å². The maximum Gasteiger partial charge on any atom is 0.152 e. The summed E-state index contributed by atoms with van der Waals surface area (Å²) in [6, 6.07) is 4.07. The summed E-state index contributed by atoms with van der Waals surface area (Å²) in [6.45, 7) is 3.89. The summed E-state index contributed by atoms with van der Waals surface area (Å²) in [4.78, 5) is 13.1. The molecule has 0 aliphatic rings. The Morgan fingerprint density at radius 1 is 1.60 bits per heavy atom. The molecule has 1 heterocycles. The van der Waals surface area contributed by atoms with Crippen LogP contribution in [0.3, 0.4) is 0 Å². The van der Waals surface area contributed by atoms with E-state index in [1.165, 1.54) is 4.88 Å². The third kappa shape index (κ3) is 3.76. The van der Waals surface area contributed by atoms with Crippen molar-refractivity contribution in [2.75, 3.05) is 0 Å². The summed E-state index contributed by atoms with van der Waals surface area (Å²) >= 11 is 1.70. The SMILES string of the molecule is CCCC(C)(N)C(=O)CCc1cccs1. The molecule has 2 N–H and O–H groups in total. The Labute approximate surface area is 95.5 Å². The first kappa shape index (κ1) is 12.4. The van der Waals surface area contributed by atoms with Gasteiger partial charge in [0.05, 0.1) is 5.54 Å². The molecule has 0 aromatic carbocycles. The molecule has 0 fully saturated rings. The normalized spacial score (nSPS) is 14.9. The van der Waals surface area contributed by atoms with E-state index < -0.39 is 5.54 Å². The van der Waals surface area contributed by atoms with Crippen LogP contribution in [0, 0.1) is 0 Å². The van der Waals surface area contributed by atoms with Gasteiger partial charge >= 0.3 is 0 Å². The average Bonchev–Trinajstić information content (AvgIpc) is 2.66. The first-order valence-electron chi connectivity index (χ1n) is 5.41. The van der Waals surface area contributed by atoms with Crippen LogP contribution in [0.4, 0.5) is 0 Å². The van der Waals surface area contributed by atoms with E-state index in [9.17, 15) is 4.79 Å². The molecule has 1 atom stereocenters. The van der Waals surface area contributed by atoms with Gasteiger partial charge < -0.3 is 5.73 Å². The van der Waals surface area contributed by atoms with Crippen molar-refractivity contribution in [2.45, 2.75) is 45.1 Å². The van der Waals surface area contributed by atoms with Gasteiger partial charge in [0, 0.05) is 11.3 Å². The first-order valence-corrected chi connectivity index (χ1v) is 6.29. The van der Waals surface area contributed by atoms with Gasteiger partial charge in [0.25, 0.3) is 0 Å². The highest BCUT2D eigenvalue weighted by atomic mass is 32.1. The molecule has 1 rings (SSSR count). The number of ketones is 1. The predicted molar refractivity (Wildman–Crippen MR) is 65.1 cm³/mol. The van der Waals surface area contributed by atoms with Crippen molar-refractivity contribution < 1.29 is 4.79 Å². The molecular weight excluding hydrogens is 206 g/mol. The number of thiophene rings is 1. The van der Waals surface area contributed by atoms with E-state index in [-0.39, 0.29) is 5.78 Å². The molecule has 0 aliphatic carbocycles. The lowest BCUT2D eigenvalue weighted by molar-refractivity contribution is -0.123. The van der Waals surface area contributed by atoms with Gasteiger partial charge in [0.2, 0.25) is 0 Å². The minimum absolute atomic E-state index is 0.178. The molecule has 0 aliphatic heterocycles. The maximum absolute atomic E-state index is 11.8. The molecule has 0 spiro atoms. The summed E-state index contributed by atoms with van der Waals surface area (Å²) < 4.78 is 0. The largest absolute Gasteiger partial charge is 0.319 e. The quantitative estimate of drug-likeness (QED) is 0.809. The van der Waals surface area contributed by atoms with Crippen molar-refractivity contribution >= 4 is 17.1 Å². The van der Waals surface area contributed by atoms with Crippen molar-refractivity contribution in [2.24, 2.45) is 5.73 Å². The summed E-state index contributed by atoms with van der Waals surface area (Å²) in [5.41, 5.74) is 5.33. The topological polar surface area (TPSA) is 43.1 Å². The van der Waals surface area contributed by atoms with E-state index in [1.807, 2.05) is 18.4 Å². The molecule has 2 nitrogen and oxygen atoms in total. The van der Waals surface area contributed by atoms with E-state index in [0.29, 0.717) is 6.42 Å². The molecule has 1 aromatic rings. The molecule has 0 saturated carbocycles. The van der Waals surface area contributed by atoms with Crippen LogP contribution in [-0.2, 0) is 11.2 Å². The molecule has 15 heavy (non-hydrogen) atoms. The van der Waals surface area contributed by atoms with E-state index in [2.05, 4.69) is 13.0 Å². The zero-order valence-electron chi connectivity index (χ0n) is 9.45. The Balaban J connectivity index is 2.42. The number of carbonyl (C=O) groups excluding carboxylic acids is 1. The monoisotopic (exact) mass is 225 g/mol. The third-order valence-electron chi connectivity index (χ3n) is 2.58. The van der Waals surface area contributed by atoms with Crippen molar-refractivity contribution in [3.63, 3.8) is 0 Å². The van der Waals surface area contributed by atoms with E-state index in [4.69, 9.17) is 5.73 Å². The summed E-state index contributed by atoms with van der Waals surface area (Å²) in [7, 11) is 0. The van der Waals surface area contributed by atoms with Crippen molar-refractivity contribution in [3.05, 3.63) is 22.4 Å². The smallest absolute Gasteiger partial charge is 0.152 e.